The zero-order valence-electron chi connectivity index (χ0n) is 39.5. The van der Waals surface area contributed by atoms with Crippen LogP contribution in [0.15, 0.2) is 59.7 Å². The van der Waals surface area contributed by atoms with Gasteiger partial charge in [-0.3, -0.25) is 14.2 Å². The molecule has 0 saturated carbocycles. The smallest absolute Gasteiger partial charge is 0.426 e. The molecule has 1 aliphatic rings. The normalized spacial score (nSPS) is 18.0. The maximum atomic E-state index is 13.7. The molecule has 4 rings (SSSR count). The van der Waals surface area contributed by atoms with E-state index in [1.54, 1.807) is 6.20 Å². The van der Waals surface area contributed by atoms with E-state index < -0.39 is 85.2 Å². The summed E-state index contributed by atoms with van der Waals surface area (Å²) >= 11 is 0. The highest BCUT2D eigenvalue weighted by atomic mass is 28.4. The summed E-state index contributed by atoms with van der Waals surface area (Å²) in [6.07, 6.45) is -0.404. The van der Waals surface area contributed by atoms with Crippen molar-refractivity contribution in [3.63, 3.8) is 0 Å². The van der Waals surface area contributed by atoms with Crippen molar-refractivity contribution in [2.45, 2.75) is 154 Å². The van der Waals surface area contributed by atoms with Gasteiger partial charge in [-0.1, -0.05) is 86.0 Å². The van der Waals surface area contributed by atoms with E-state index in [-0.39, 0.29) is 48.4 Å². The lowest BCUT2D eigenvalue weighted by atomic mass is 10.1. The van der Waals surface area contributed by atoms with Crippen LogP contribution in [0, 0.1) is 0 Å². The summed E-state index contributed by atoms with van der Waals surface area (Å²) in [6, 6.07) is 8.05. The molecule has 0 radical (unpaired) electrons. The minimum Gasteiger partial charge on any atom is -0.480 e. The third-order valence-electron chi connectivity index (χ3n) is 12.4. The number of anilines is 1. The number of hydrogen-bond donors (Lipinski definition) is 4. The number of aromatic amines is 1. The number of amides is 3. The van der Waals surface area contributed by atoms with E-state index in [1.807, 2.05) is 24.3 Å². The number of para-hydroxylation sites is 1. The molecule has 1 aromatic carbocycles. The maximum absolute atomic E-state index is 13.7. The van der Waals surface area contributed by atoms with Gasteiger partial charge in [-0.2, -0.15) is 4.98 Å². The van der Waals surface area contributed by atoms with Crippen molar-refractivity contribution in [1.29, 1.82) is 0 Å². The molecule has 4 atom stereocenters. The molecule has 1 saturated heterocycles. The Kier molecular flexibility index (Phi) is 16.4. The van der Waals surface area contributed by atoms with Gasteiger partial charge in [0.2, 0.25) is 11.8 Å². The molecule has 4 N–H and O–H groups in total. The van der Waals surface area contributed by atoms with Gasteiger partial charge in [-0.05, 0) is 72.8 Å². The number of aromatic nitrogens is 3. The molecule has 1 unspecified atom stereocenters. The molecule has 0 aliphatic carbocycles. The summed E-state index contributed by atoms with van der Waals surface area (Å²) in [5.41, 5.74) is 3.91. The molecule has 0 bridgehead atoms. The van der Waals surface area contributed by atoms with E-state index in [9.17, 15) is 29.1 Å². The van der Waals surface area contributed by atoms with Crippen molar-refractivity contribution in [3.8, 4) is 0 Å². The van der Waals surface area contributed by atoms with Gasteiger partial charge >= 0.3 is 17.8 Å². The number of nitrogens with one attached hydrogen (secondary N) is 3. The number of nitrogens with zero attached hydrogens (tertiary/aromatic N) is 3. The number of carbonyl (C=O) groups is 4. The number of carbonyl (C=O) groups excluding carboxylic acids is 3. The van der Waals surface area contributed by atoms with Gasteiger partial charge in [0.25, 0.3) is 0 Å². The zero-order valence-corrected chi connectivity index (χ0v) is 42.5. The fraction of sp³-hybridized carbons (Fsp3) is 0.591. The monoisotopic (exact) mass is 926 g/mol. The number of H-pyrrole nitrogens is 1. The van der Waals surface area contributed by atoms with Crippen LogP contribution >= 0.6 is 0 Å². The lowest BCUT2D eigenvalue weighted by molar-refractivity contribution is -0.153. The number of fused-ring (bicyclic) bond motifs is 1. The Bertz CT molecular complexity index is 2190. The molecule has 3 heterocycles. The highest BCUT2D eigenvalue weighted by Gasteiger charge is 2.48. The first kappa shape index (κ1) is 51.2. The highest BCUT2D eigenvalue weighted by Crippen LogP contribution is 2.44. The van der Waals surface area contributed by atoms with Crippen LogP contribution < -0.4 is 16.4 Å². The van der Waals surface area contributed by atoms with Crippen LogP contribution in [0.25, 0.3) is 10.9 Å². The molecule has 348 valence electrons. The fourth-order valence-electron chi connectivity index (χ4n) is 6.32. The first-order valence-electron chi connectivity index (χ1n) is 21.6. The molecule has 63 heavy (non-hydrogen) atoms. The maximum Gasteiger partial charge on any atom is 0.426 e. The number of ether oxygens (including phenoxy) is 2. The topological polar surface area (TPSA) is 203 Å². The van der Waals surface area contributed by atoms with Crippen LogP contribution in [0.2, 0.25) is 61.9 Å². The van der Waals surface area contributed by atoms with Crippen LogP contribution in [0.1, 0.15) is 72.6 Å². The first-order chi connectivity index (χ1) is 29.0. The van der Waals surface area contributed by atoms with Crippen molar-refractivity contribution in [1.82, 2.24) is 25.0 Å². The summed E-state index contributed by atoms with van der Waals surface area (Å²) in [7, 11) is -6.09. The second-order valence-corrected chi connectivity index (χ2v) is 35.8. The van der Waals surface area contributed by atoms with E-state index in [1.165, 1.54) is 16.8 Å². The average molecular weight is 927 g/mol. The Hall–Kier alpha value is -4.41. The Balaban J connectivity index is 1.48. The lowest BCUT2D eigenvalue weighted by Gasteiger charge is -2.40. The van der Waals surface area contributed by atoms with Gasteiger partial charge in [-0.25, -0.2) is 24.8 Å². The van der Waals surface area contributed by atoms with Gasteiger partial charge < -0.3 is 33.7 Å². The number of hydrazine groups is 1. The van der Waals surface area contributed by atoms with Crippen LogP contribution in [-0.2, 0) is 39.1 Å². The van der Waals surface area contributed by atoms with E-state index in [4.69, 9.17) is 18.3 Å². The third kappa shape index (κ3) is 13.6. The summed E-state index contributed by atoms with van der Waals surface area (Å²) in [5.74, 6) is -2.85. The summed E-state index contributed by atoms with van der Waals surface area (Å²) < 4.78 is 26.6. The van der Waals surface area contributed by atoms with Crippen LogP contribution in [-0.4, -0.2) is 105 Å². The second kappa shape index (κ2) is 20.2. The highest BCUT2D eigenvalue weighted by molar-refractivity contribution is 6.76. The third-order valence-corrected chi connectivity index (χ3v) is 23.1. The number of carboxylic acids is 1. The van der Waals surface area contributed by atoms with Crippen molar-refractivity contribution < 1.29 is 42.6 Å². The predicted octanol–water partition coefficient (Wildman–Crippen LogP) is 8.20. The Labute approximate surface area is 374 Å². The van der Waals surface area contributed by atoms with Crippen LogP contribution in [0.3, 0.4) is 0 Å². The average Bonchev–Trinajstić information content (AvgIpc) is 3.70. The Morgan fingerprint density at radius 2 is 1.63 bits per heavy atom. The number of hydrogen-bond acceptors (Lipinski definition) is 10. The van der Waals surface area contributed by atoms with Gasteiger partial charge in [-0.15, -0.1) is 0 Å². The van der Waals surface area contributed by atoms with Crippen molar-refractivity contribution in [2.24, 2.45) is 0 Å². The summed E-state index contributed by atoms with van der Waals surface area (Å²) in [5, 5.41) is 14.4. The van der Waals surface area contributed by atoms with Gasteiger partial charge in [0, 0.05) is 49.8 Å². The van der Waals surface area contributed by atoms with Crippen molar-refractivity contribution in [2.75, 3.05) is 18.5 Å². The molecule has 0 spiro atoms. The molecule has 2 aromatic heterocycles. The lowest BCUT2D eigenvalue weighted by Crippen LogP contribution is -2.55. The molecule has 3 aromatic rings. The number of benzene rings is 1. The van der Waals surface area contributed by atoms with Gasteiger partial charge in [0.1, 0.15) is 11.9 Å². The molecular weight excluding hydrogens is 857 g/mol. The largest absolute Gasteiger partial charge is 0.480 e. The van der Waals surface area contributed by atoms with Crippen LogP contribution in [0.5, 0.6) is 0 Å². The van der Waals surface area contributed by atoms with E-state index >= 15 is 0 Å². The van der Waals surface area contributed by atoms with Crippen molar-refractivity contribution in [3.05, 3.63) is 70.9 Å². The summed E-state index contributed by atoms with van der Waals surface area (Å²) in [4.78, 5) is 73.5. The zero-order chi connectivity index (χ0) is 47.3. The Morgan fingerprint density at radius 1 is 0.984 bits per heavy atom. The molecule has 3 amide bonds. The van der Waals surface area contributed by atoms with Gasteiger partial charge in [0.15, 0.2) is 28.9 Å². The van der Waals surface area contributed by atoms with Crippen molar-refractivity contribution >= 4 is 65.3 Å². The second-order valence-electron chi connectivity index (χ2n) is 20.6. The number of carboxylic acid groups (broad SMARTS) is 1. The fourth-order valence-corrected chi connectivity index (χ4v) is 9.34. The van der Waals surface area contributed by atoms with E-state index in [0.717, 1.165) is 21.5 Å². The minimum absolute atomic E-state index is 0.0408. The van der Waals surface area contributed by atoms with Crippen LogP contribution in [0.4, 0.5) is 10.6 Å². The predicted molar refractivity (Wildman–Crippen MR) is 252 cm³/mol. The molecule has 1 fully saturated rings. The summed E-state index contributed by atoms with van der Waals surface area (Å²) in [6.45, 7) is 32.6. The first-order valence-corrected chi connectivity index (χ1v) is 31.1. The minimum atomic E-state index is -2.34. The van der Waals surface area contributed by atoms with Gasteiger partial charge in [0.05, 0.1) is 19.3 Å². The number of rotatable bonds is 18. The molecule has 19 heteroatoms. The SMILES string of the molecule is C=C1C(n2ccc(NC(=O)CC[C@H](C(=O)O)N(NC(=O)OCC[Si](C)(C)C)C(=O)CCc3c[nH]c4ccccc34)nc2=O)O[C@H](CO[Si](C)(C)C(C)(C)C)[C@H]1O[Si](C)(C)C(C)(C)C. The quantitative estimate of drug-likeness (QED) is 0.0544. The van der Waals surface area contributed by atoms with E-state index in [0.29, 0.717) is 11.6 Å². The number of aliphatic carboxylic acids is 1. The Morgan fingerprint density at radius 3 is 2.24 bits per heavy atom. The number of aryl methyl sites for hydroxylation is 1. The molecule has 16 nitrogen and oxygen atoms in total. The molecule has 1 aliphatic heterocycles. The molecular formula is C44H70N6O10Si3. The standard InChI is InChI=1S/C44H70N6O10Si3/c1-29-38(60-63(13,14)44(5,6)7)34(28-58-62(11,12)43(2,3)4)59-39(29)49-24-23-35(47-41(49)55)46-36(51)21-20-33(40(53)54)50(48-42(56)57-25-26-61(8,9)10)37(52)22-19-30-27-45-32-18-16-15-17-31(30)32/h15-18,23-24,27,33-34,38-39,45H,1,19-22,25-26,28H2,2-14H3,(H,48,56)(H,53,54)(H,46,47,51,55)/t33-,34-,38+,39?/m1/s1. The van der Waals surface area contributed by atoms with E-state index in [2.05, 4.69) is 115 Å².